The summed E-state index contributed by atoms with van der Waals surface area (Å²) in [4.78, 5) is 35.4. The van der Waals surface area contributed by atoms with E-state index in [1.807, 2.05) is 66.7 Å². The molecule has 1 fully saturated rings. The summed E-state index contributed by atoms with van der Waals surface area (Å²) in [5.74, 6) is 1.50. The second-order valence-electron chi connectivity index (χ2n) is 13.8. The number of ether oxygens (including phenoxy) is 3. The van der Waals surface area contributed by atoms with Gasteiger partial charge in [-0.25, -0.2) is 4.79 Å². The molecule has 3 aromatic rings. The van der Waals surface area contributed by atoms with Crippen LogP contribution in [0.15, 0.2) is 60.9 Å². The standard InChI is InChI=1S/C39H53N5O5/c1-27-21-40-18-17-31(27)23-43(4)24-37-28(2)22-44(29(3)25-48-26-30-11-14-35(47-5)15-12-30)38(45)20-32-19-34(13-16-36(32)49-37)42-39(46)41-33-9-7-6-8-10-33/h11-19,21,28-29,33,37H,6-10,20,22-26H2,1-5H3,(H2,41,42,46)/t28-,29+,37?/m1/s1. The molecule has 10 heteroatoms. The quantitative estimate of drug-likeness (QED) is 0.231. The molecule has 0 radical (unpaired) electrons. The zero-order valence-corrected chi connectivity index (χ0v) is 29.7. The van der Waals surface area contributed by atoms with Crippen molar-refractivity contribution in [3.05, 3.63) is 83.2 Å². The Bertz CT molecular complexity index is 1530. The van der Waals surface area contributed by atoms with Crippen molar-refractivity contribution in [2.45, 2.75) is 90.6 Å². The summed E-state index contributed by atoms with van der Waals surface area (Å²) < 4.78 is 18.2. The van der Waals surface area contributed by atoms with E-state index < -0.39 is 0 Å². The summed E-state index contributed by atoms with van der Waals surface area (Å²) in [6, 6.07) is 15.3. The van der Waals surface area contributed by atoms with Gasteiger partial charge < -0.3 is 29.7 Å². The van der Waals surface area contributed by atoms with Gasteiger partial charge in [0.25, 0.3) is 0 Å². The summed E-state index contributed by atoms with van der Waals surface area (Å²) in [5, 5.41) is 6.12. The summed E-state index contributed by atoms with van der Waals surface area (Å²) >= 11 is 0. The van der Waals surface area contributed by atoms with Crippen LogP contribution in [0.2, 0.25) is 0 Å². The predicted molar refractivity (Wildman–Crippen MR) is 192 cm³/mol. The molecule has 3 atom stereocenters. The van der Waals surface area contributed by atoms with E-state index in [1.165, 1.54) is 12.0 Å². The zero-order chi connectivity index (χ0) is 34.8. The number of rotatable bonds is 12. The Morgan fingerprint density at radius 1 is 1.12 bits per heavy atom. The fraction of sp³-hybridized carbons (Fsp3) is 0.513. The number of fused-ring (bicyclic) bond motifs is 1. The van der Waals surface area contributed by atoms with Crippen LogP contribution < -0.4 is 20.1 Å². The topological polar surface area (TPSA) is 105 Å². The lowest BCUT2D eigenvalue weighted by Crippen LogP contribution is -2.47. The zero-order valence-electron chi connectivity index (χ0n) is 29.7. The van der Waals surface area contributed by atoms with E-state index in [0.29, 0.717) is 37.7 Å². The van der Waals surface area contributed by atoms with Crippen LogP contribution >= 0.6 is 0 Å². The van der Waals surface area contributed by atoms with Gasteiger partial charge in [-0.3, -0.25) is 14.7 Å². The van der Waals surface area contributed by atoms with E-state index in [0.717, 1.165) is 54.7 Å². The number of methoxy groups -OCH3 is 1. The third-order valence-corrected chi connectivity index (χ3v) is 9.71. The Morgan fingerprint density at radius 2 is 1.90 bits per heavy atom. The van der Waals surface area contributed by atoms with Crippen molar-refractivity contribution in [1.29, 1.82) is 0 Å². The number of carbonyl (C=O) groups is 2. The minimum absolute atomic E-state index is 0.00229. The molecule has 1 aromatic heterocycles. The molecule has 49 heavy (non-hydrogen) atoms. The third kappa shape index (κ3) is 10.4. The van der Waals surface area contributed by atoms with Crippen LogP contribution in [-0.4, -0.2) is 78.8 Å². The monoisotopic (exact) mass is 671 g/mol. The highest BCUT2D eigenvalue weighted by Crippen LogP contribution is 2.30. The van der Waals surface area contributed by atoms with Gasteiger partial charge in [0, 0.05) is 55.2 Å². The molecule has 2 heterocycles. The third-order valence-electron chi connectivity index (χ3n) is 9.71. The maximum absolute atomic E-state index is 14.1. The van der Waals surface area contributed by atoms with Crippen molar-refractivity contribution in [3.8, 4) is 11.5 Å². The van der Waals surface area contributed by atoms with Crippen LogP contribution in [0.3, 0.4) is 0 Å². The molecule has 1 aliphatic heterocycles. The smallest absolute Gasteiger partial charge is 0.319 e. The number of aromatic nitrogens is 1. The first-order valence-corrected chi connectivity index (χ1v) is 17.6. The SMILES string of the molecule is COc1ccc(COC[C@H](C)N2C[C@@H](C)C(CN(C)Cc3ccncc3C)Oc3ccc(NC(=O)NC4CCCCC4)cc3CC2=O)cc1. The molecule has 2 N–H and O–H groups in total. The number of hydrogen-bond acceptors (Lipinski definition) is 7. The van der Waals surface area contributed by atoms with Gasteiger partial charge in [0.15, 0.2) is 0 Å². The molecule has 264 valence electrons. The number of aryl methyl sites for hydroxylation is 1. The van der Waals surface area contributed by atoms with Crippen LogP contribution in [0, 0.1) is 12.8 Å². The Balaban J connectivity index is 1.33. The molecule has 1 saturated carbocycles. The first-order valence-electron chi connectivity index (χ1n) is 17.6. The van der Waals surface area contributed by atoms with E-state index in [-0.39, 0.29) is 42.5 Å². The number of benzene rings is 2. The van der Waals surface area contributed by atoms with Gasteiger partial charge in [-0.1, -0.05) is 38.3 Å². The van der Waals surface area contributed by atoms with Crippen molar-refractivity contribution in [3.63, 3.8) is 0 Å². The molecular weight excluding hydrogens is 618 g/mol. The predicted octanol–water partition coefficient (Wildman–Crippen LogP) is 6.36. The molecule has 0 saturated heterocycles. The summed E-state index contributed by atoms with van der Waals surface area (Å²) in [6.45, 7) is 9.05. The molecule has 5 rings (SSSR count). The molecule has 0 bridgehead atoms. The minimum Gasteiger partial charge on any atom is -0.497 e. The molecule has 3 amide bonds. The number of nitrogens with one attached hydrogen (secondary N) is 2. The maximum Gasteiger partial charge on any atom is 0.319 e. The van der Waals surface area contributed by atoms with Gasteiger partial charge in [0.2, 0.25) is 5.91 Å². The average molecular weight is 672 g/mol. The van der Waals surface area contributed by atoms with Gasteiger partial charge in [0.05, 0.1) is 32.8 Å². The molecule has 2 aliphatic rings. The number of carbonyl (C=O) groups excluding carboxylic acids is 2. The summed E-state index contributed by atoms with van der Waals surface area (Å²) in [7, 11) is 3.75. The van der Waals surface area contributed by atoms with E-state index in [4.69, 9.17) is 14.2 Å². The first kappa shape index (κ1) is 36.1. The molecule has 0 spiro atoms. The maximum atomic E-state index is 14.1. The summed E-state index contributed by atoms with van der Waals surface area (Å²) in [6.07, 6.45) is 9.20. The largest absolute Gasteiger partial charge is 0.497 e. The van der Waals surface area contributed by atoms with E-state index in [9.17, 15) is 9.59 Å². The lowest BCUT2D eigenvalue weighted by atomic mass is 9.96. The average Bonchev–Trinajstić information content (AvgIpc) is 3.13. The molecule has 1 unspecified atom stereocenters. The Hall–Kier alpha value is -4.15. The molecule has 1 aliphatic carbocycles. The van der Waals surface area contributed by atoms with Crippen LogP contribution in [0.4, 0.5) is 10.5 Å². The highest BCUT2D eigenvalue weighted by atomic mass is 16.5. The second kappa shape index (κ2) is 17.5. The highest BCUT2D eigenvalue weighted by Gasteiger charge is 2.31. The van der Waals surface area contributed by atoms with Gasteiger partial charge >= 0.3 is 6.03 Å². The van der Waals surface area contributed by atoms with Crippen molar-refractivity contribution < 1.29 is 23.8 Å². The van der Waals surface area contributed by atoms with Crippen molar-refractivity contribution >= 4 is 17.6 Å². The highest BCUT2D eigenvalue weighted by molar-refractivity contribution is 5.90. The van der Waals surface area contributed by atoms with Crippen LogP contribution in [0.25, 0.3) is 0 Å². The second-order valence-corrected chi connectivity index (χ2v) is 13.8. The Morgan fingerprint density at radius 3 is 2.63 bits per heavy atom. The number of anilines is 1. The van der Waals surface area contributed by atoms with E-state index in [2.05, 4.69) is 47.5 Å². The number of urea groups is 1. The minimum atomic E-state index is -0.217. The van der Waals surface area contributed by atoms with Crippen molar-refractivity contribution in [1.82, 2.24) is 20.1 Å². The number of nitrogens with zero attached hydrogens (tertiary/aromatic N) is 3. The molecule has 2 aromatic carbocycles. The number of hydrogen-bond donors (Lipinski definition) is 2. The van der Waals surface area contributed by atoms with Gasteiger partial charge in [-0.2, -0.15) is 0 Å². The number of pyridine rings is 1. The lowest BCUT2D eigenvalue weighted by molar-refractivity contribution is -0.134. The lowest BCUT2D eigenvalue weighted by Gasteiger charge is -2.34. The van der Waals surface area contributed by atoms with E-state index >= 15 is 0 Å². The van der Waals surface area contributed by atoms with Crippen LogP contribution in [-0.2, 0) is 29.1 Å². The summed E-state index contributed by atoms with van der Waals surface area (Å²) in [5.41, 5.74) is 4.80. The van der Waals surface area contributed by atoms with E-state index in [1.54, 1.807) is 7.11 Å². The number of likely N-dealkylation sites (N-methyl/N-ethyl adjacent to an activating group) is 1. The fourth-order valence-electron chi connectivity index (χ4n) is 6.73. The fourth-order valence-corrected chi connectivity index (χ4v) is 6.73. The molecule has 10 nitrogen and oxygen atoms in total. The van der Waals surface area contributed by atoms with Gasteiger partial charge in [-0.15, -0.1) is 0 Å². The Kier molecular flexibility index (Phi) is 12.9. The van der Waals surface area contributed by atoms with Gasteiger partial charge in [-0.05, 0) is 86.8 Å². The number of amides is 3. The van der Waals surface area contributed by atoms with Gasteiger partial charge in [0.1, 0.15) is 17.6 Å². The molecular formula is C39H53N5O5. The normalized spacial score (nSPS) is 19.2. The first-order chi connectivity index (χ1) is 23.7. The van der Waals surface area contributed by atoms with Crippen molar-refractivity contribution in [2.24, 2.45) is 5.92 Å². The van der Waals surface area contributed by atoms with Crippen LogP contribution in [0.5, 0.6) is 11.5 Å². The van der Waals surface area contributed by atoms with Crippen molar-refractivity contribution in [2.75, 3.05) is 39.2 Å². The Labute approximate surface area is 291 Å². The van der Waals surface area contributed by atoms with Crippen LogP contribution in [0.1, 0.15) is 68.2 Å².